The number of ether oxygens (including phenoxy) is 1. The molecule has 0 atom stereocenters. The van der Waals surface area contributed by atoms with Gasteiger partial charge >= 0.3 is 5.97 Å². The van der Waals surface area contributed by atoms with E-state index in [0.29, 0.717) is 32.2 Å². The van der Waals surface area contributed by atoms with E-state index >= 15 is 0 Å². The number of anilines is 2. The molecule has 0 saturated carbocycles. The Kier molecular flexibility index (Phi) is 4.88. The number of rotatable bonds is 4. The van der Waals surface area contributed by atoms with E-state index in [1.807, 2.05) is 30.3 Å². The zero-order valence-corrected chi connectivity index (χ0v) is 14.4. The van der Waals surface area contributed by atoms with E-state index in [0.717, 1.165) is 5.69 Å². The topological polar surface area (TPSA) is 51.2 Å². The minimum Gasteiger partial charge on any atom is -0.462 e. The Morgan fingerprint density at radius 2 is 1.92 bits per heavy atom. The van der Waals surface area contributed by atoms with Crippen molar-refractivity contribution < 1.29 is 9.53 Å². The summed E-state index contributed by atoms with van der Waals surface area (Å²) in [6.45, 7) is 2.04. The molecule has 6 heteroatoms. The molecule has 2 aromatic carbocycles. The summed E-state index contributed by atoms with van der Waals surface area (Å²) in [6, 6.07) is 13.0. The summed E-state index contributed by atoms with van der Waals surface area (Å²) in [6.07, 6.45) is 1.45. The highest BCUT2D eigenvalue weighted by Gasteiger charge is 2.19. The molecular weight excluding hydrogens is 347 g/mol. The van der Waals surface area contributed by atoms with Crippen molar-refractivity contribution >= 4 is 51.4 Å². The SMILES string of the molecule is CCOC(=O)c1cnc2c(Cl)c(Cl)ccc2c1Nc1ccccc1. The molecule has 1 heterocycles. The number of carbonyl (C=O) groups excluding carboxylic acids is 1. The minimum atomic E-state index is -0.448. The number of nitrogens with zero attached hydrogens (tertiary/aromatic N) is 1. The molecule has 3 aromatic rings. The zero-order valence-electron chi connectivity index (χ0n) is 12.8. The van der Waals surface area contributed by atoms with Gasteiger partial charge in [0.25, 0.3) is 0 Å². The second-order valence-electron chi connectivity index (χ2n) is 5.02. The van der Waals surface area contributed by atoms with E-state index in [1.54, 1.807) is 19.1 Å². The van der Waals surface area contributed by atoms with E-state index in [9.17, 15) is 4.79 Å². The van der Waals surface area contributed by atoms with Crippen molar-refractivity contribution in [1.29, 1.82) is 0 Å². The summed E-state index contributed by atoms with van der Waals surface area (Å²) in [5.41, 5.74) is 2.28. The maximum atomic E-state index is 12.3. The van der Waals surface area contributed by atoms with Gasteiger partial charge in [-0.25, -0.2) is 4.79 Å². The number of pyridine rings is 1. The summed E-state index contributed by atoms with van der Waals surface area (Å²) < 4.78 is 5.13. The van der Waals surface area contributed by atoms with Crippen molar-refractivity contribution in [2.75, 3.05) is 11.9 Å². The van der Waals surface area contributed by atoms with Crippen LogP contribution in [0.2, 0.25) is 10.0 Å². The van der Waals surface area contributed by atoms with Crippen molar-refractivity contribution in [3.63, 3.8) is 0 Å². The Balaban J connectivity index is 2.21. The third-order valence-electron chi connectivity index (χ3n) is 3.47. The van der Waals surface area contributed by atoms with Crippen LogP contribution in [0.15, 0.2) is 48.7 Å². The molecule has 0 aliphatic rings. The molecule has 0 radical (unpaired) electrons. The number of carbonyl (C=O) groups is 1. The Morgan fingerprint density at radius 3 is 2.62 bits per heavy atom. The first-order valence-corrected chi connectivity index (χ1v) is 8.13. The first kappa shape index (κ1) is 16.6. The molecule has 1 N–H and O–H groups in total. The van der Waals surface area contributed by atoms with Crippen molar-refractivity contribution in [2.24, 2.45) is 0 Å². The molecule has 0 unspecified atom stereocenters. The Labute approximate surface area is 149 Å². The lowest BCUT2D eigenvalue weighted by atomic mass is 10.1. The molecule has 1 aromatic heterocycles. The Bertz CT molecular complexity index is 898. The summed E-state index contributed by atoms with van der Waals surface area (Å²) in [5.74, 6) is -0.448. The lowest BCUT2D eigenvalue weighted by Gasteiger charge is -2.15. The van der Waals surface area contributed by atoms with Crippen molar-refractivity contribution in [2.45, 2.75) is 6.92 Å². The summed E-state index contributed by atoms with van der Waals surface area (Å²) in [5, 5.41) is 4.71. The van der Waals surface area contributed by atoms with E-state index in [-0.39, 0.29) is 6.61 Å². The van der Waals surface area contributed by atoms with Gasteiger partial charge in [0, 0.05) is 17.3 Å². The number of fused-ring (bicyclic) bond motifs is 1. The molecule has 24 heavy (non-hydrogen) atoms. The van der Waals surface area contributed by atoms with E-state index in [2.05, 4.69) is 10.3 Å². The molecular formula is C18H14Cl2N2O2. The molecule has 0 spiro atoms. The van der Waals surface area contributed by atoms with Crippen LogP contribution in [-0.4, -0.2) is 17.6 Å². The van der Waals surface area contributed by atoms with Crippen LogP contribution in [0.3, 0.4) is 0 Å². The van der Waals surface area contributed by atoms with Gasteiger partial charge in [0.2, 0.25) is 0 Å². The fourth-order valence-electron chi connectivity index (χ4n) is 2.37. The van der Waals surface area contributed by atoms with Gasteiger partial charge in [-0.15, -0.1) is 0 Å². The Hall–Kier alpha value is -2.30. The molecule has 122 valence electrons. The number of halogens is 2. The predicted octanol–water partition coefficient (Wildman–Crippen LogP) is 5.46. The van der Waals surface area contributed by atoms with Crippen LogP contribution < -0.4 is 5.32 Å². The second-order valence-corrected chi connectivity index (χ2v) is 5.80. The number of aromatic nitrogens is 1. The van der Waals surface area contributed by atoms with Gasteiger partial charge in [-0.1, -0.05) is 41.4 Å². The van der Waals surface area contributed by atoms with Crippen LogP contribution in [-0.2, 0) is 4.74 Å². The molecule has 0 saturated heterocycles. The molecule has 0 aliphatic heterocycles. The molecule has 0 aliphatic carbocycles. The average Bonchev–Trinajstić information content (AvgIpc) is 2.59. The summed E-state index contributed by atoms with van der Waals surface area (Å²) >= 11 is 12.3. The lowest BCUT2D eigenvalue weighted by molar-refractivity contribution is 0.0527. The summed E-state index contributed by atoms with van der Waals surface area (Å²) in [7, 11) is 0. The third kappa shape index (κ3) is 3.16. The molecule has 0 amide bonds. The molecule has 0 fully saturated rings. The maximum absolute atomic E-state index is 12.3. The fraction of sp³-hybridized carbons (Fsp3) is 0.111. The largest absolute Gasteiger partial charge is 0.462 e. The van der Waals surface area contributed by atoms with E-state index in [1.165, 1.54) is 6.20 Å². The van der Waals surface area contributed by atoms with E-state index < -0.39 is 5.97 Å². The first-order chi connectivity index (χ1) is 11.6. The smallest absolute Gasteiger partial charge is 0.341 e. The quantitative estimate of drug-likeness (QED) is 0.627. The highest BCUT2D eigenvalue weighted by atomic mass is 35.5. The zero-order chi connectivity index (χ0) is 17.1. The lowest BCUT2D eigenvalue weighted by Crippen LogP contribution is -2.09. The van der Waals surface area contributed by atoms with Crippen LogP contribution in [0.5, 0.6) is 0 Å². The van der Waals surface area contributed by atoms with Crippen LogP contribution in [0.4, 0.5) is 11.4 Å². The normalized spacial score (nSPS) is 10.6. The number of hydrogen-bond acceptors (Lipinski definition) is 4. The van der Waals surface area contributed by atoms with Gasteiger partial charge in [0.1, 0.15) is 5.56 Å². The van der Waals surface area contributed by atoms with Crippen molar-refractivity contribution in [3.8, 4) is 0 Å². The summed E-state index contributed by atoms with van der Waals surface area (Å²) in [4.78, 5) is 16.6. The van der Waals surface area contributed by atoms with Crippen LogP contribution in [0.1, 0.15) is 17.3 Å². The van der Waals surface area contributed by atoms with Gasteiger partial charge < -0.3 is 10.1 Å². The standard InChI is InChI=1S/C18H14Cl2N2O2/c1-2-24-18(23)13-10-21-17-12(8-9-14(19)15(17)20)16(13)22-11-6-4-3-5-7-11/h3-10H,2H2,1H3,(H,21,22). The maximum Gasteiger partial charge on any atom is 0.341 e. The number of para-hydroxylation sites is 1. The van der Waals surface area contributed by atoms with Gasteiger partial charge in [0.05, 0.1) is 27.9 Å². The van der Waals surface area contributed by atoms with E-state index in [4.69, 9.17) is 27.9 Å². The number of hydrogen-bond donors (Lipinski definition) is 1. The minimum absolute atomic E-state index is 0.281. The van der Waals surface area contributed by atoms with Crippen LogP contribution >= 0.6 is 23.2 Å². The first-order valence-electron chi connectivity index (χ1n) is 7.37. The molecule has 0 bridgehead atoms. The average molecular weight is 361 g/mol. The Morgan fingerprint density at radius 1 is 1.17 bits per heavy atom. The highest BCUT2D eigenvalue weighted by Crippen LogP contribution is 2.36. The van der Waals surface area contributed by atoms with Gasteiger partial charge in [0.15, 0.2) is 0 Å². The van der Waals surface area contributed by atoms with Crippen LogP contribution in [0, 0.1) is 0 Å². The van der Waals surface area contributed by atoms with Gasteiger partial charge in [-0.2, -0.15) is 0 Å². The highest BCUT2D eigenvalue weighted by molar-refractivity contribution is 6.45. The molecule has 3 rings (SSSR count). The predicted molar refractivity (Wildman–Crippen MR) is 97.4 cm³/mol. The van der Waals surface area contributed by atoms with Crippen LogP contribution in [0.25, 0.3) is 10.9 Å². The van der Waals surface area contributed by atoms with Crippen molar-refractivity contribution in [3.05, 3.63) is 64.3 Å². The second kappa shape index (κ2) is 7.07. The number of benzene rings is 2. The van der Waals surface area contributed by atoms with Gasteiger partial charge in [-0.05, 0) is 31.2 Å². The molecule has 4 nitrogen and oxygen atoms in total. The number of nitrogens with one attached hydrogen (secondary N) is 1. The number of esters is 1. The van der Waals surface area contributed by atoms with Crippen molar-refractivity contribution in [1.82, 2.24) is 4.98 Å². The fourth-order valence-corrected chi connectivity index (χ4v) is 2.74. The van der Waals surface area contributed by atoms with Gasteiger partial charge in [-0.3, -0.25) is 4.98 Å². The monoisotopic (exact) mass is 360 g/mol. The third-order valence-corrected chi connectivity index (χ3v) is 4.26.